The molecule has 0 saturated carbocycles. The van der Waals surface area contributed by atoms with Crippen LogP contribution < -0.4 is 0 Å². The van der Waals surface area contributed by atoms with Gasteiger partial charge in [-0.05, 0) is 49.4 Å². The summed E-state index contributed by atoms with van der Waals surface area (Å²) in [5.41, 5.74) is 4.19. The van der Waals surface area contributed by atoms with Crippen molar-refractivity contribution in [3.63, 3.8) is 0 Å². The Kier molecular flexibility index (Phi) is 5.72. The molecule has 2 aliphatic carbocycles. The molecule has 1 N–H and O–H groups in total. The van der Waals surface area contributed by atoms with Crippen molar-refractivity contribution in [2.45, 2.75) is 58.0 Å². The molecule has 2 aromatic heterocycles. The summed E-state index contributed by atoms with van der Waals surface area (Å²) in [4.78, 5) is 14.8. The molecule has 0 amide bonds. The molecule has 4 aromatic rings. The van der Waals surface area contributed by atoms with E-state index in [0.29, 0.717) is 17.1 Å². The first-order chi connectivity index (χ1) is 17.9. The largest absolute Gasteiger partial charge is 0.388 e. The standard InChI is InChI=1S/C32H32FN3O/c1-4-17-31(2)26-14-13-23-28(22-10-5-7-11-24(22)33)35-30(36-29(23)32(26,3)18-15-27(31)37)21-16-19-34-25-12-8-6-9-20(21)25/h5-12,15-16,18-19,26-27,37H,4,13-14,17H2,1-3H3/t26-,27?,31-,32-/m1/s1. The minimum Gasteiger partial charge on any atom is -0.388 e. The summed E-state index contributed by atoms with van der Waals surface area (Å²) >= 11 is 0. The topological polar surface area (TPSA) is 58.9 Å². The van der Waals surface area contributed by atoms with E-state index in [1.165, 1.54) is 6.07 Å². The second kappa shape index (κ2) is 8.84. The summed E-state index contributed by atoms with van der Waals surface area (Å²) in [6.45, 7) is 6.63. The minimum atomic E-state index is -0.497. The molecule has 1 unspecified atom stereocenters. The van der Waals surface area contributed by atoms with Gasteiger partial charge in [0.2, 0.25) is 0 Å². The van der Waals surface area contributed by atoms with Crippen molar-refractivity contribution in [1.29, 1.82) is 0 Å². The Morgan fingerprint density at radius 2 is 1.78 bits per heavy atom. The summed E-state index contributed by atoms with van der Waals surface area (Å²) in [6.07, 6.45) is 8.95. The van der Waals surface area contributed by atoms with Gasteiger partial charge in [-0.2, -0.15) is 0 Å². The maximum absolute atomic E-state index is 15.2. The number of hydrogen-bond acceptors (Lipinski definition) is 4. The van der Waals surface area contributed by atoms with Crippen LogP contribution in [0.1, 0.15) is 51.3 Å². The third-order valence-corrected chi connectivity index (χ3v) is 8.83. The Bertz CT molecular complexity index is 1530. The highest BCUT2D eigenvalue weighted by molar-refractivity contribution is 5.92. The van der Waals surface area contributed by atoms with Crippen LogP contribution in [0, 0.1) is 17.2 Å². The lowest BCUT2D eigenvalue weighted by Crippen LogP contribution is -2.53. The maximum Gasteiger partial charge on any atom is 0.160 e. The molecule has 0 aliphatic heterocycles. The fraction of sp³-hybridized carbons (Fsp3) is 0.344. The molecule has 6 rings (SSSR count). The van der Waals surface area contributed by atoms with E-state index >= 15 is 4.39 Å². The summed E-state index contributed by atoms with van der Waals surface area (Å²) in [6, 6.07) is 16.8. The molecular formula is C32H32FN3O. The van der Waals surface area contributed by atoms with Gasteiger partial charge in [-0.25, -0.2) is 14.4 Å². The van der Waals surface area contributed by atoms with Crippen LogP contribution in [0.25, 0.3) is 33.5 Å². The average Bonchev–Trinajstić information content (AvgIpc) is 2.91. The Hall–Kier alpha value is -3.44. The highest BCUT2D eigenvalue weighted by Gasteiger charge is 2.54. The van der Waals surface area contributed by atoms with Gasteiger partial charge in [0.05, 0.1) is 23.0 Å². The number of halogens is 1. The molecule has 5 heteroatoms. The summed E-state index contributed by atoms with van der Waals surface area (Å²) in [5, 5.41) is 12.1. The SMILES string of the molecule is CCC[C@@]1(C)C(O)C=C[C@@]2(C)c3nc(-c4ccnc5ccccc45)nc(-c4ccccc4F)c3CC[C@@H]21. The number of pyridine rings is 1. The zero-order valence-corrected chi connectivity index (χ0v) is 21.6. The van der Waals surface area contributed by atoms with E-state index in [0.717, 1.165) is 53.4 Å². The lowest BCUT2D eigenvalue weighted by Gasteiger charge is -2.54. The predicted molar refractivity (Wildman–Crippen MR) is 145 cm³/mol. The fourth-order valence-electron chi connectivity index (χ4n) is 6.99. The van der Waals surface area contributed by atoms with Crippen LogP contribution in [0.5, 0.6) is 0 Å². The van der Waals surface area contributed by atoms with Crippen molar-refractivity contribution in [2.24, 2.45) is 11.3 Å². The number of para-hydroxylation sites is 1. The Labute approximate surface area is 217 Å². The van der Waals surface area contributed by atoms with Gasteiger partial charge in [0.25, 0.3) is 0 Å². The first-order valence-electron chi connectivity index (χ1n) is 13.2. The number of benzene rings is 2. The van der Waals surface area contributed by atoms with E-state index in [2.05, 4.69) is 31.8 Å². The van der Waals surface area contributed by atoms with Gasteiger partial charge in [0, 0.05) is 39.1 Å². The van der Waals surface area contributed by atoms with Gasteiger partial charge < -0.3 is 5.11 Å². The fourth-order valence-corrected chi connectivity index (χ4v) is 6.99. The first-order valence-corrected chi connectivity index (χ1v) is 13.2. The van der Waals surface area contributed by atoms with Crippen LogP contribution in [-0.2, 0) is 11.8 Å². The van der Waals surface area contributed by atoms with E-state index in [1.807, 2.05) is 48.5 Å². The van der Waals surface area contributed by atoms with E-state index in [1.54, 1.807) is 12.3 Å². The third kappa shape index (κ3) is 3.63. The van der Waals surface area contributed by atoms with Gasteiger partial charge in [-0.15, -0.1) is 0 Å². The van der Waals surface area contributed by atoms with Gasteiger partial charge in [-0.1, -0.05) is 69.7 Å². The van der Waals surface area contributed by atoms with Crippen LogP contribution in [0.4, 0.5) is 4.39 Å². The number of allylic oxidation sites excluding steroid dienone is 1. The second-order valence-electron chi connectivity index (χ2n) is 11.0. The molecule has 0 spiro atoms. The number of nitrogens with zero attached hydrogens (tertiary/aromatic N) is 3. The predicted octanol–water partition coefficient (Wildman–Crippen LogP) is 7.06. The quantitative estimate of drug-likeness (QED) is 0.309. The monoisotopic (exact) mass is 493 g/mol. The lowest BCUT2D eigenvalue weighted by atomic mass is 9.51. The van der Waals surface area contributed by atoms with Crippen LogP contribution >= 0.6 is 0 Å². The van der Waals surface area contributed by atoms with E-state index in [4.69, 9.17) is 9.97 Å². The minimum absolute atomic E-state index is 0.206. The molecule has 0 saturated heterocycles. The van der Waals surface area contributed by atoms with Crippen molar-refractivity contribution >= 4 is 10.9 Å². The molecule has 0 radical (unpaired) electrons. The molecular weight excluding hydrogens is 461 g/mol. The van der Waals surface area contributed by atoms with E-state index < -0.39 is 11.5 Å². The molecule has 2 aromatic carbocycles. The van der Waals surface area contributed by atoms with E-state index in [9.17, 15) is 5.11 Å². The Morgan fingerprint density at radius 3 is 2.59 bits per heavy atom. The average molecular weight is 494 g/mol. The zero-order chi connectivity index (χ0) is 25.8. The number of rotatable bonds is 4. The Morgan fingerprint density at radius 1 is 1.00 bits per heavy atom. The number of hydrogen-bond donors (Lipinski definition) is 1. The molecule has 188 valence electrons. The highest BCUT2D eigenvalue weighted by atomic mass is 19.1. The van der Waals surface area contributed by atoms with Crippen LogP contribution in [0.3, 0.4) is 0 Å². The van der Waals surface area contributed by atoms with Crippen LogP contribution in [-0.4, -0.2) is 26.2 Å². The van der Waals surface area contributed by atoms with Crippen molar-refractivity contribution in [3.8, 4) is 22.6 Å². The van der Waals surface area contributed by atoms with E-state index in [-0.39, 0.29) is 17.2 Å². The number of aliphatic hydroxyl groups is 1. The smallest absolute Gasteiger partial charge is 0.160 e. The summed E-state index contributed by atoms with van der Waals surface area (Å²) in [5.74, 6) is 0.499. The Balaban J connectivity index is 1.65. The van der Waals surface area contributed by atoms with Crippen molar-refractivity contribution in [1.82, 2.24) is 15.0 Å². The molecule has 0 fully saturated rings. The molecule has 2 heterocycles. The molecule has 4 atom stereocenters. The maximum atomic E-state index is 15.2. The van der Waals surface area contributed by atoms with Crippen LogP contribution in [0.2, 0.25) is 0 Å². The van der Waals surface area contributed by atoms with Crippen molar-refractivity contribution in [2.75, 3.05) is 0 Å². The molecule has 4 nitrogen and oxygen atoms in total. The summed E-state index contributed by atoms with van der Waals surface area (Å²) in [7, 11) is 0. The van der Waals surface area contributed by atoms with Crippen molar-refractivity contribution < 1.29 is 9.50 Å². The lowest BCUT2D eigenvalue weighted by molar-refractivity contribution is -0.0260. The first kappa shape index (κ1) is 23.9. The molecule has 37 heavy (non-hydrogen) atoms. The molecule has 0 bridgehead atoms. The number of aromatic nitrogens is 3. The normalized spacial score (nSPS) is 26.6. The zero-order valence-electron chi connectivity index (χ0n) is 21.6. The van der Waals surface area contributed by atoms with Gasteiger partial charge >= 0.3 is 0 Å². The number of aliphatic hydroxyl groups excluding tert-OH is 1. The van der Waals surface area contributed by atoms with Crippen molar-refractivity contribution in [3.05, 3.63) is 90.0 Å². The highest BCUT2D eigenvalue weighted by Crippen LogP contribution is 2.57. The summed E-state index contributed by atoms with van der Waals surface area (Å²) < 4.78 is 15.2. The third-order valence-electron chi connectivity index (χ3n) is 8.83. The molecule has 2 aliphatic rings. The van der Waals surface area contributed by atoms with Gasteiger partial charge in [0.1, 0.15) is 5.82 Å². The second-order valence-corrected chi connectivity index (χ2v) is 11.0. The van der Waals surface area contributed by atoms with Crippen LogP contribution in [0.15, 0.2) is 72.9 Å². The van der Waals surface area contributed by atoms with Gasteiger partial charge in [0.15, 0.2) is 5.82 Å². The van der Waals surface area contributed by atoms with Gasteiger partial charge in [-0.3, -0.25) is 4.98 Å². The number of fused-ring (bicyclic) bond motifs is 4.